The number of aliphatic hydroxyl groups is 1. The Morgan fingerprint density at radius 3 is 2.47 bits per heavy atom. The van der Waals surface area contributed by atoms with Gasteiger partial charge in [-0.1, -0.05) is 72.7 Å². The van der Waals surface area contributed by atoms with Crippen LogP contribution in [0.25, 0.3) is 5.76 Å². The molecule has 2 heterocycles. The molecule has 234 valence electrons. The van der Waals surface area contributed by atoms with Gasteiger partial charge in [0.2, 0.25) is 5.13 Å². The second-order valence-electron chi connectivity index (χ2n) is 10.1. The molecular formula is C33H31ClFN3O5S2. The molecule has 0 aliphatic carbocycles. The first-order valence-corrected chi connectivity index (χ1v) is 16.7. The second kappa shape index (κ2) is 14.9. The lowest BCUT2D eigenvalue weighted by molar-refractivity contribution is -0.132. The summed E-state index contributed by atoms with van der Waals surface area (Å²) < 4.78 is 25.8. The van der Waals surface area contributed by atoms with E-state index in [0.29, 0.717) is 51.0 Å². The van der Waals surface area contributed by atoms with Crippen LogP contribution in [0.2, 0.25) is 5.02 Å². The van der Waals surface area contributed by atoms with Gasteiger partial charge in [-0.05, 0) is 73.0 Å². The Bertz CT molecular complexity index is 1700. The molecule has 1 aliphatic rings. The van der Waals surface area contributed by atoms with Crippen LogP contribution in [-0.4, -0.2) is 40.2 Å². The molecule has 1 unspecified atom stereocenters. The van der Waals surface area contributed by atoms with E-state index in [4.69, 9.17) is 21.1 Å². The van der Waals surface area contributed by atoms with Gasteiger partial charge in [0, 0.05) is 16.3 Å². The second-order valence-corrected chi connectivity index (χ2v) is 12.8. The minimum absolute atomic E-state index is 0.0999. The monoisotopic (exact) mass is 667 g/mol. The van der Waals surface area contributed by atoms with Crippen LogP contribution >= 0.6 is 34.7 Å². The quantitative estimate of drug-likeness (QED) is 0.0380. The van der Waals surface area contributed by atoms with Crippen LogP contribution in [0.1, 0.15) is 55.8 Å². The number of nitrogens with zero attached hydrogens (tertiary/aromatic N) is 3. The van der Waals surface area contributed by atoms with Crippen LogP contribution in [0.15, 0.2) is 76.6 Å². The SMILES string of the molecule is CCCCCOc1ccc(C2/C(=C(\O)c3ccc(Cl)cc3)C(=O)C(=O)N2c2nnc(SCc3ccc(F)cc3)s2)cc1OCC. The van der Waals surface area contributed by atoms with Crippen molar-refractivity contribution < 1.29 is 28.6 Å². The fourth-order valence-corrected chi connectivity index (χ4v) is 6.76. The normalized spacial score (nSPS) is 15.9. The number of aliphatic hydroxyl groups excluding tert-OH is 1. The zero-order valence-corrected chi connectivity index (χ0v) is 27.1. The van der Waals surface area contributed by atoms with Crippen molar-refractivity contribution in [2.24, 2.45) is 0 Å². The third-order valence-corrected chi connectivity index (χ3v) is 9.41. The Hall–Kier alpha value is -3.93. The first-order valence-electron chi connectivity index (χ1n) is 14.5. The first-order chi connectivity index (χ1) is 21.8. The predicted molar refractivity (Wildman–Crippen MR) is 175 cm³/mol. The maximum absolute atomic E-state index is 13.6. The molecule has 4 aromatic rings. The molecule has 0 spiro atoms. The molecule has 0 bridgehead atoms. The van der Waals surface area contributed by atoms with E-state index < -0.39 is 17.7 Å². The van der Waals surface area contributed by atoms with E-state index >= 15 is 0 Å². The third kappa shape index (κ3) is 7.49. The number of ether oxygens (including phenoxy) is 2. The Balaban J connectivity index is 1.54. The fourth-order valence-electron chi connectivity index (χ4n) is 4.81. The van der Waals surface area contributed by atoms with Crippen molar-refractivity contribution in [1.29, 1.82) is 0 Å². The zero-order chi connectivity index (χ0) is 31.9. The molecule has 0 radical (unpaired) electrons. The summed E-state index contributed by atoms with van der Waals surface area (Å²) >= 11 is 8.58. The lowest BCUT2D eigenvalue weighted by Gasteiger charge is -2.23. The highest BCUT2D eigenvalue weighted by Crippen LogP contribution is 2.45. The lowest BCUT2D eigenvalue weighted by atomic mass is 9.95. The van der Waals surface area contributed by atoms with Gasteiger partial charge in [-0.2, -0.15) is 0 Å². The molecule has 0 saturated carbocycles. The van der Waals surface area contributed by atoms with Crippen LogP contribution in [0, 0.1) is 5.82 Å². The van der Waals surface area contributed by atoms with Crippen LogP contribution < -0.4 is 14.4 Å². The molecule has 1 aliphatic heterocycles. The molecule has 1 N–H and O–H groups in total. The Labute approximate surface area is 273 Å². The minimum Gasteiger partial charge on any atom is -0.507 e. The average Bonchev–Trinajstić information content (AvgIpc) is 3.61. The molecule has 3 aromatic carbocycles. The number of aromatic nitrogens is 2. The maximum Gasteiger partial charge on any atom is 0.301 e. The molecule has 5 rings (SSSR count). The van der Waals surface area contributed by atoms with Crippen molar-refractivity contribution in [3.05, 3.63) is 99.8 Å². The summed E-state index contributed by atoms with van der Waals surface area (Å²) in [6, 6.07) is 16.7. The molecule has 1 saturated heterocycles. The molecule has 1 amide bonds. The van der Waals surface area contributed by atoms with Crippen molar-refractivity contribution in [1.82, 2.24) is 10.2 Å². The van der Waals surface area contributed by atoms with Crippen LogP contribution in [0.3, 0.4) is 0 Å². The number of ketones is 1. The molecule has 1 fully saturated rings. The first kappa shape index (κ1) is 32.5. The third-order valence-electron chi connectivity index (χ3n) is 7.03. The summed E-state index contributed by atoms with van der Waals surface area (Å²) in [4.78, 5) is 28.5. The summed E-state index contributed by atoms with van der Waals surface area (Å²) in [6.45, 7) is 4.86. The lowest BCUT2D eigenvalue weighted by Crippen LogP contribution is -2.29. The Kier molecular flexibility index (Phi) is 10.7. The molecule has 12 heteroatoms. The molecule has 1 aromatic heterocycles. The number of benzene rings is 3. The van der Waals surface area contributed by atoms with Gasteiger partial charge in [0.1, 0.15) is 11.6 Å². The summed E-state index contributed by atoms with van der Waals surface area (Å²) in [5.74, 6) is -0.866. The number of rotatable bonds is 13. The van der Waals surface area contributed by atoms with Crippen LogP contribution in [-0.2, 0) is 15.3 Å². The van der Waals surface area contributed by atoms with Crippen LogP contribution in [0.4, 0.5) is 9.52 Å². The number of hydrogen-bond donors (Lipinski definition) is 1. The van der Waals surface area contributed by atoms with Gasteiger partial charge in [0.05, 0.1) is 24.8 Å². The number of halogens is 2. The number of anilines is 1. The van der Waals surface area contributed by atoms with Gasteiger partial charge >= 0.3 is 5.91 Å². The van der Waals surface area contributed by atoms with Crippen molar-refractivity contribution in [2.45, 2.75) is 49.2 Å². The van der Waals surface area contributed by atoms with Gasteiger partial charge in [-0.3, -0.25) is 14.5 Å². The van der Waals surface area contributed by atoms with Gasteiger partial charge in [-0.15, -0.1) is 10.2 Å². The van der Waals surface area contributed by atoms with E-state index in [1.807, 2.05) is 6.92 Å². The summed E-state index contributed by atoms with van der Waals surface area (Å²) in [5, 5.41) is 20.6. The highest BCUT2D eigenvalue weighted by molar-refractivity contribution is 8.00. The number of carbonyl (C=O) groups excluding carboxylic acids is 2. The number of Topliss-reactive ketones (excluding diaryl/α,β-unsaturated/α-hetero) is 1. The molecule has 1 atom stereocenters. The van der Waals surface area contributed by atoms with E-state index in [-0.39, 0.29) is 22.3 Å². The number of carbonyl (C=O) groups is 2. The van der Waals surface area contributed by atoms with E-state index in [1.54, 1.807) is 54.6 Å². The minimum atomic E-state index is -1.03. The smallest absolute Gasteiger partial charge is 0.301 e. The van der Waals surface area contributed by atoms with Gasteiger partial charge in [-0.25, -0.2) is 4.39 Å². The number of thioether (sulfide) groups is 1. The summed E-state index contributed by atoms with van der Waals surface area (Å²) in [6.07, 6.45) is 2.99. The van der Waals surface area contributed by atoms with Crippen molar-refractivity contribution in [3.8, 4) is 11.5 Å². The average molecular weight is 668 g/mol. The van der Waals surface area contributed by atoms with Crippen LogP contribution in [0.5, 0.6) is 11.5 Å². The number of unbranched alkanes of at least 4 members (excludes halogenated alkanes) is 2. The van der Waals surface area contributed by atoms with Crippen molar-refractivity contribution in [2.75, 3.05) is 18.1 Å². The Morgan fingerprint density at radius 2 is 1.76 bits per heavy atom. The molecule has 8 nitrogen and oxygen atoms in total. The standard InChI is InChI=1S/C33H31ClFN3O5S2/c1-3-5-6-17-43-25-16-11-22(18-26(25)42-4-2)28-27(29(39)21-9-12-23(34)13-10-21)30(40)31(41)38(28)32-36-37-33(45-32)44-19-20-7-14-24(35)15-8-20/h7-16,18,28,39H,3-6,17,19H2,1-2H3/b29-27+. The van der Waals surface area contributed by atoms with Crippen molar-refractivity contribution in [3.63, 3.8) is 0 Å². The topological polar surface area (TPSA) is 102 Å². The fraction of sp³-hybridized carbons (Fsp3) is 0.273. The van der Waals surface area contributed by atoms with E-state index in [1.165, 1.54) is 28.8 Å². The highest BCUT2D eigenvalue weighted by atomic mass is 35.5. The molecule has 45 heavy (non-hydrogen) atoms. The van der Waals surface area contributed by atoms with Gasteiger partial charge < -0.3 is 14.6 Å². The van der Waals surface area contributed by atoms with Gasteiger partial charge in [0.25, 0.3) is 5.78 Å². The highest BCUT2D eigenvalue weighted by Gasteiger charge is 2.48. The predicted octanol–water partition coefficient (Wildman–Crippen LogP) is 8.22. The van der Waals surface area contributed by atoms with E-state index in [2.05, 4.69) is 17.1 Å². The Morgan fingerprint density at radius 1 is 1.00 bits per heavy atom. The van der Waals surface area contributed by atoms with Gasteiger partial charge in [0.15, 0.2) is 15.8 Å². The number of amides is 1. The van der Waals surface area contributed by atoms with E-state index in [9.17, 15) is 19.1 Å². The molecular weight excluding hydrogens is 637 g/mol. The van der Waals surface area contributed by atoms with Crippen molar-refractivity contribution >= 4 is 57.3 Å². The maximum atomic E-state index is 13.6. The summed E-state index contributed by atoms with van der Waals surface area (Å²) in [7, 11) is 0. The zero-order valence-electron chi connectivity index (χ0n) is 24.7. The summed E-state index contributed by atoms with van der Waals surface area (Å²) in [5.41, 5.74) is 1.64. The number of hydrogen-bond acceptors (Lipinski definition) is 9. The van der Waals surface area contributed by atoms with E-state index in [0.717, 1.165) is 36.2 Å². The largest absolute Gasteiger partial charge is 0.507 e.